The second-order valence-electron chi connectivity index (χ2n) is 7.73. The minimum absolute atomic E-state index is 0.0169. The first-order valence-corrected chi connectivity index (χ1v) is 14.2. The zero-order valence-corrected chi connectivity index (χ0v) is 23.6. The van der Waals surface area contributed by atoms with Gasteiger partial charge in [-0.05, 0) is 64.7 Å². The normalized spacial score (nSPS) is 12.6. The van der Waals surface area contributed by atoms with Gasteiger partial charge >= 0.3 is 0 Å². The number of aliphatic hydroxyl groups excluding tert-OH is 1. The molecule has 0 fully saturated rings. The minimum Gasteiger partial charge on any atom is -0.497 e. The van der Waals surface area contributed by atoms with Gasteiger partial charge in [0.25, 0.3) is 5.91 Å². The maximum atomic E-state index is 12.1. The molecule has 1 atom stereocenters. The fourth-order valence-corrected chi connectivity index (χ4v) is 5.36. The summed E-state index contributed by atoms with van der Waals surface area (Å²) in [6, 6.07) is 14.5. The first-order valence-electron chi connectivity index (χ1n) is 11.4. The molecule has 10 nitrogen and oxygen atoms in total. The van der Waals surface area contributed by atoms with Crippen LogP contribution in [0.4, 0.5) is 0 Å². The van der Waals surface area contributed by atoms with E-state index in [1.165, 1.54) is 11.8 Å². The number of nitrogens with zero attached hydrogens (tertiary/aromatic N) is 2. The molecule has 0 spiro atoms. The molecule has 38 heavy (non-hydrogen) atoms. The molecule has 2 aromatic carbocycles. The fourth-order valence-electron chi connectivity index (χ4n) is 3.03. The van der Waals surface area contributed by atoms with E-state index in [9.17, 15) is 9.90 Å². The zero-order chi connectivity index (χ0) is 27.9. The van der Waals surface area contributed by atoms with Crippen molar-refractivity contribution in [2.75, 3.05) is 25.7 Å². The number of thioether (sulfide) groups is 3. The Hall–Kier alpha value is -3.00. The van der Waals surface area contributed by atoms with Gasteiger partial charge in [0.2, 0.25) is 0 Å². The van der Waals surface area contributed by atoms with Crippen molar-refractivity contribution in [2.24, 2.45) is 21.5 Å². The summed E-state index contributed by atoms with van der Waals surface area (Å²) in [7, 11) is 3.13. The highest BCUT2D eigenvalue weighted by molar-refractivity contribution is 8.27. The van der Waals surface area contributed by atoms with E-state index in [1.54, 1.807) is 38.5 Å². The number of aliphatic imine (C=N–C) groups is 2. The van der Waals surface area contributed by atoms with Crippen molar-refractivity contribution in [2.45, 2.75) is 25.5 Å². The second-order valence-corrected chi connectivity index (χ2v) is 11.1. The van der Waals surface area contributed by atoms with Gasteiger partial charge in [0.1, 0.15) is 11.5 Å². The molecule has 0 bridgehead atoms. The average molecular weight is 577 g/mol. The van der Waals surface area contributed by atoms with Crippen molar-refractivity contribution in [3.05, 3.63) is 59.7 Å². The third-order valence-electron chi connectivity index (χ3n) is 4.72. The van der Waals surface area contributed by atoms with Crippen molar-refractivity contribution >= 4 is 61.6 Å². The predicted octanol–water partition coefficient (Wildman–Crippen LogP) is 3.51. The molecule has 13 heteroatoms. The highest BCUT2D eigenvalue weighted by Crippen LogP contribution is 2.17. The lowest BCUT2D eigenvalue weighted by Crippen LogP contribution is -2.17. The summed E-state index contributed by atoms with van der Waals surface area (Å²) in [5.41, 5.74) is 13.3. The second kappa shape index (κ2) is 16.8. The lowest BCUT2D eigenvalue weighted by atomic mass is 10.1. The summed E-state index contributed by atoms with van der Waals surface area (Å²) >= 11 is 3.38. The van der Waals surface area contributed by atoms with Crippen LogP contribution in [0, 0.1) is 10.8 Å². The Morgan fingerprint density at radius 3 is 2.24 bits per heavy atom. The maximum absolute atomic E-state index is 12.1. The van der Waals surface area contributed by atoms with Gasteiger partial charge in [-0.2, -0.15) is 16.8 Å². The first kappa shape index (κ1) is 31.2. The summed E-state index contributed by atoms with van der Waals surface area (Å²) in [5, 5.41) is 27.0. The van der Waals surface area contributed by atoms with E-state index < -0.39 is 12.1 Å². The third kappa shape index (κ3) is 12.5. The number of aliphatic hydroxyl groups is 1. The van der Waals surface area contributed by atoms with Gasteiger partial charge in [-0.15, -0.1) is 0 Å². The Morgan fingerprint density at radius 2 is 1.58 bits per heavy atom. The fraction of sp³-hybridized carbons (Fsp3) is 0.320. The molecule has 0 aliphatic carbocycles. The molecular formula is C25H32N6O4S3. The third-order valence-corrected chi connectivity index (χ3v) is 7.34. The molecule has 0 aliphatic heterocycles. The molecule has 0 heterocycles. The van der Waals surface area contributed by atoms with Crippen molar-refractivity contribution in [1.82, 2.24) is 0 Å². The lowest BCUT2D eigenvalue weighted by molar-refractivity contribution is -0.117. The number of hydrogen-bond donors (Lipinski definition) is 5. The number of nitrogens with one attached hydrogen (secondary N) is 2. The molecule has 0 saturated carbocycles. The SMILES string of the molecule is COc1cccc(CC(=O)N=C(N)SC(=N)CSCCC(=N)SC(N)=NC(O)Cc2cccc(OC)c2)c1. The average Bonchev–Trinajstić information content (AvgIpc) is 2.86. The van der Waals surface area contributed by atoms with Crippen molar-refractivity contribution in [1.29, 1.82) is 10.8 Å². The topological polar surface area (TPSA) is 180 Å². The Bertz CT molecular complexity index is 1180. The van der Waals surface area contributed by atoms with Crippen LogP contribution in [0.3, 0.4) is 0 Å². The molecule has 204 valence electrons. The van der Waals surface area contributed by atoms with Crippen LogP contribution in [-0.4, -0.2) is 63.4 Å². The Morgan fingerprint density at radius 1 is 0.974 bits per heavy atom. The van der Waals surface area contributed by atoms with E-state index in [-0.39, 0.29) is 28.2 Å². The van der Waals surface area contributed by atoms with E-state index in [0.29, 0.717) is 34.5 Å². The number of ether oxygens (including phenoxy) is 2. The smallest absolute Gasteiger partial charge is 0.252 e. The minimum atomic E-state index is -1.02. The highest BCUT2D eigenvalue weighted by Gasteiger charge is 2.10. The quantitative estimate of drug-likeness (QED) is 0.143. The molecule has 0 radical (unpaired) electrons. The largest absolute Gasteiger partial charge is 0.497 e. The van der Waals surface area contributed by atoms with Gasteiger partial charge in [0, 0.05) is 18.6 Å². The highest BCUT2D eigenvalue weighted by atomic mass is 32.2. The lowest BCUT2D eigenvalue weighted by Gasteiger charge is -2.09. The summed E-state index contributed by atoms with van der Waals surface area (Å²) in [4.78, 5) is 20.0. The number of hydrogen-bond acceptors (Lipinski definition) is 10. The maximum Gasteiger partial charge on any atom is 0.252 e. The molecule has 0 aliphatic rings. The number of nitrogens with two attached hydrogens (primary N) is 2. The van der Waals surface area contributed by atoms with Crippen LogP contribution < -0.4 is 20.9 Å². The summed E-state index contributed by atoms with van der Waals surface area (Å²) in [6.45, 7) is 0. The molecule has 2 rings (SSSR count). The van der Waals surface area contributed by atoms with Crippen molar-refractivity contribution in [3.8, 4) is 11.5 Å². The van der Waals surface area contributed by atoms with Crippen LogP contribution in [0.2, 0.25) is 0 Å². The molecule has 0 saturated heterocycles. The van der Waals surface area contributed by atoms with Gasteiger partial charge in [0.05, 0.1) is 30.7 Å². The van der Waals surface area contributed by atoms with E-state index in [4.69, 9.17) is 31.8 Å². The summed E-state index contributed by atoms with van der Waals surface area (Å²) in [5.74, 6) is 1.90. The van der Waals surface area contributed by atoms with Gasteiger partial charge in [0.15, 0.2) is 16.6 Å². The predicted molar refractivity (Wildman–Crippen MR) is 160 cm³/mol. The molecule has 1 amide bonds. The molecule has 0 aromatic heterocycles. The van der Waals surface area contributed by atoms with Crippen LogP contribution in [0.1, 0.15) is 17.5 Å². The number of amidine groups is 2. The van der Waals surface area contributed by atoms with E-state index in [2.05, 4.69) is 9.98 Å². The molecule has 7 N–H and O–H groups in total. The van der Waals surface area contributed by atoms with Gasteiger partial charge in [-0.25, -0.2) is 4.99 Å². The van der Waals surface area contributed by atoms with E-state index >= 15 is 0 Å². The molecule has 2 aromatic rings. The number of amides is 1. The van der Waals surface area contributed by atoms with Crippen LogP contribution in [0.5, 0.6) is 11.5 Å². The summed E-state index contributed by atoms with van der Waals surface area (Å²) < 4.78 is 10.3. The standard InChI is InChI=1S/C25H32N6O4S3/c1-34-18-7-3-5-16(11-18)13-22(32)30-24(28)37-20(26)9-10-36-15-21(27)38-25(29)31-23(33)14-17-6-4-8-19(12-17)35-2/h3-8,11-12,22,26-27,32H,9-10,13-15H2,1-2H3,(H2,28,30)(H2,29,31,33). The number of methoxy groups -OCH3 is 2. The van der Waals surface area contributed by atoms with E-state index in [1.807, 2.05) is 24.3 Å². The number of carbonyl (C=O) groups excluding carboxylic acids is 1. The first-order chi connectivity index (χ1) is 18.2. The van der Waals surface area contributed by atoms with Gasteiger partial charge < -0.3 is 26.0 Å². The van der Waals surface area contributed by atoms with Crippen LogP contribution >= 0.6 is 35.3 Å². The van der Waals surface area contributed by atoms with Crippen molar-refractivity contribution < 1.29 is 19.4 Å². The van der Waals surface area contributed by atoms with Crippen LogP contribution in [-0.2, 0) is 17.6 Å². The Balaban J connectivity index is 1.66. The number of benzene rings is 2. The van der Waals surface area contributed by atoms with E-state index in [0.717, 1.165) is 34.7 Å². The number of carbonyl (C=O) groups is 1. The Kier molecular flexibility index (Phi) is 13.8. The molecular weight excluding hydrogens is 545 g/mol. The summed E-state index contributed by atoms with van der Waals surface area (Å²) in [6.07, 6.45) is -0.229. The Labute approximate surface area is 235 Å². The molecule has 1 unspecified atom stereocenters. The van der Waals surface area contributed by atoms with Crippen LogP contribution in [0.25, 0.3) is 0 Å². The zero-order valence-electron chi connectivity index (χ0n) is 21.2. The monoisotopic (exact) mass is 576 g/mol. The van der Waals surface area contributed by atoms with Gasteiger partial charge in [-0.1, -0.05) is 24.3 Å². The number of rotatable bonds is 12. The van der Waals surface area contributed by atoms with Gasteiger partial charge in [-0.3, -0.25) is 15.6 Å². The van der Waals surface area contributed by atoms with Crippen molar-refractivity contribution in [3.63, 3.8) is 0 Å². The van der Waals surface area contributed by atoms with Crippen LogP contribution in [0.15, 0.2) is 58.5 Å².